The molecule has 9 heteroatoms. The number of hydrogen-bond donors (Lipinski definition) is 2. The zero-order chi connectivity index (χ0) is 15.5. The average molecular weight is 376 g/mol. The van der Waals surface area contributed by atoms with Gasteiger partial charge in [-0.25, -0.2) is 18.1 Å². The first-order chi connectivity index (χ1) is 9.97. The van der Waals surface area contributed by atoms with Gasteiger partial charge in [-0.3, -0.25) is 0 Å². The van der Waals surface area contributed by atoms with Crippen LogP contribution in [0.1, 0.15) is 5.82 Å². The second-order valence-corrected chi connectivity index (χ2v) is 6.59. The summed E-state index contributed by atoms with van der Waals surface area (Å²) in [4.78, 5) is 6.84. The summed E-state index contributed by atoms with van der Waals surface area (Å²) in [5.41, 5.74) is 0. The minimum absolute atomic E-state index is 0.0618. The maximum Gasteiger partial charge on any atom is 0.242 e. The van der Waals surface area contributed by atoms with E-state index in [-0.39, 0.29) is 11.4 Å². The molecular weight excluding hydrogens is 362 g/mol. The molecule has 0 bridgehead atoms. The van der Waals surface area contributed by atoms with Gasteiger partial charge in [-0.1, -0.05) is 0 Å². The molecule has 0 aliphatic rings. The van der Waals surface area contributed by atoms with Crippen LogP contribution in [-0.2, 0) is 16.6 Å². The number of imidazole rings is 1. The predicted molar refractivity (Wildman–Crippen MR) is 79.9 cm³/mol. The molecule has 0 unspecified atom stereocenters. The highest BCUT2D eigenvalue weighted by molar-refractivity contribution is 9.10. The van der Waals surface area contributed by atoms with Gasteiger partial charge >= 0.3 is 0 Å². The molecule has 21 heavy (non-hydrogen) atoms. The van der Waals surface area contributed by atoms with Crippen LogP contribution in [0.25, 0.3) is 0 Å². The van der Waals surface area contributed by atoms with E-state index in [0.29, 0.717) is 21.8 Å². The summed E-state index contributed by atoms with van der Waals surface area (Å²) in [5, 5.41) is 0. The Morgan fingerprint density at radius 1 is 1.29 bits per heavy atom. The van der Waals surface area contributed by atoms with Crippen LogP contribution in [0.2, 0.25) is 0 Å². The molecule has 114 valence electrons. The third kappa shape index (κ3) is 3.55. The number of methoxy groups -OCH3 is 2. The Bertz CT molecular complexity index is 716. The van der Waals surface area contributed by atoms with Gasteiger partial charge in [0.05, 0.1) is 20.8 Å². The zero-order valence-electron chi connectivity index (χ0n) is 11.4. The van der Waals surface area contributed by atoms with Crippen LogP contribution in [0.5, 0.6) is 11.5 Å². The summed E-state index contributed by atoms with van der Waals surface area (Å²) < 4.78 is 37.8. The summed E-state index contributed by atoms with van der Waals surface area (Å²) in [6.45, 7) is 0.0656. The van der Waals surface area contributed by atoms with Crippen molar-refractivity contribution in [2.75, 3.05) is 14.2 Å². The number of H-pyrrole nitrogens is 1. The Balaban J connectivity index is 2.31. The Morgan fingerprint density at radius 2 is 1.95 bits per heavy atom. The Labute approximate surface area is 130 Å². The topological polar surface area (TPSA) is 93.3 Å². The second-order valence-electron chi connectivity index (χ2n) is 4.00. The van der Waals surface area contributed by atoms with Crippen LogP contribution in [-0.4, -0.2) is 32.6 Å². The van der Waals surface area contributed by atoms with Crippen LogP contribution in [0, 0.1) is 0 Å². The van der Waals surface area contributed by atoms with Crippen LogP contribution >= 0.6 is 15.9 Å². The number of aromatic nitrogens is 2. The smallest absolute Gasteiger partial charge is 0.242 e. The number of rotatable bonds is 6. The third-order valence-corrected chi connectivity index (χ3v) is 5.07. The van der Waals surface area contributed by atoms with Crippen LogP contribution in [0.4, 0.5) is 0 Å². The van der Waals surface area contributed by atoms with E-state index >= 15 is 0 Å². The van der Waals surface area contributed by atoms with Gasteiger partial charge in [0.25, 0.3) is 0 Å². The maximum atomic E-state index is 12.3. The molecule has 1 aromatic carbocycles. The molecule has 1 heterocycles. The monoisotopic (exact) mass is 375 g/mol. The Morgan fingerprint density at radius 3 is 2.52 bits per heavy atom. The highest BCUT2D eigenvalue weighted by Gasteiger charge is 2.21. The molecule has 0 amide bonds. The minimum atomic E-state index is -3.72. The van der Waals surface area contributed by atoms with Crippen LogP contribution in [0.15, 0.2) is 33.9 Å². The van der Waals surface area contributed by atoms with Crippen molar-refractivity contribution < 1.29 is 17.9 Å². The predicted octanol–water partition coefficient (Wildman–Crippen LogP) is 1.67. The SMILES string of the molecule is COc1cc(Br)c(S(=O)(=O)NCc2ncc[nH]2)cc1OC. The zero-order valence-corrected chi connectivity index (χ0v) is 13.8. The van der Waals surface area contributed by atoms with Crippen LogP contribution < -0.4 is 14.2 Å². The second kappa shape index (κ2) is 6.46. The van der Waals surface area contributed by atoms with Gasteiger partial charge in [0, 0.05) is 22.9 Å². The molecule has 2 N–H and O–H groups in total. The molecule has 0 aliphatic carbocycles. The van der Waals surface area contributed by atoms with Gasteiger partial charge in [-0.15, -0.1) is 0 Å². The molecule has 0 aliphatic heterocycles. The summed E-state index contributed by atoms with van der Waals surface area (Å²) in [6, 6.07) is 2.94. The Hall–Kier alpha value is -1.58. The average Bonchev–Trinajstić information content (AvgIpc) is 2.98. The molecule has 0 atom stereocenters. The Kier molecular flexibility index (Phi) is 4.86. The lowest BCUT2D eigenvalue weighted by Gasteiger charge is -2.12. The number of benzene rings is 1. The standard InChI is InChI=1S/C12H14BrN3O4S/c1-19-9-5-8(13)11(6-10(9)20-2)21(17,18)16-7-12-14-3-4-15-12/h3-6,16H,7H2,1-2H3,(H,14,15). The van der Waals surface area contributed by atoms with E-state index in [0.717, 1.165) is 0 Å². The molecule has 2 aromatic rings. The molecule has 0 spiro atoms. The van der Waals surface area contributed by atoms with Gasteiger partial charge < -0.3 is 14.5 Å². The minimum Gasteiger partial charge on any atom is -0.493 e. The quantitative estimate of drug-likeness (QED) is 0.800. The van der Waals surface area contributed by atoms with Crippen LogP contribution in [0.3, 0.4) is 0 Å². The lowest BCUT2D eigenvalue weighted by atomic mass is 10.3. The molecule has 1 aromatic heterocycles. The molecule has 2 rings (SSSR count). The van der Waals surface area contributed by atoms with Crippen molar-refractivity contribution in [1.82, 2.24) is 14.7 Å². The van der Waals surface area contributed by atoms with E-state index in [1.807, 2.05) is 0 Å². The molecular formula is C12H14BrN3O4S. The normalized spacial score (nSPS) is 11.4. The summed E-state index contributed by atoms with van der Waals surface area (Å²) in [7, 11) is -0.794. The van der Waals surface area contributed by atoms with E-state index in [9.17, 15) is 8.42 Å². The highest BCUT2D eigenvalue weighted by Crippen LogP contribution is 2.35. The van der Waals surface area contributed by atoms with Gasteiger partial charge in [0.2, 0.25) is 10.0 Å². The van der Waals surface area contributed by atoms with Gasteiger partial charge in [0.1, 0.15) is 10.7 Å². The summed E-state index contributed by atoms with van der Waals surface area (Å²) >= 11 is 3.23. The van der Waals surface area contributed by atoms with Crippen molar-refractivity contribution in [1.29, 1.82) is 0 Å². The highest BCUT2D eigenvalue weighted by atomic mass is 79.9. The fraction of sp³-hybridized carbons (Fsp3) is 0.250. The largest absolute Gasteiger partial charge is 0.493 e. The first-order valence-electron chi connectivity index (χ1n) is 5.87. The van der Waals surface area contributed by atoms with E-state index in [1.165, 1.54) is 20.3 Å². The number of halogens is 1. The lowest BCUT2D eigenvalue weighted by Crippen LogP contribution is -2.24. The van der Waals surface area contributed by atoms with Gasteiger partial charge in [-0.2, -0.15) is 0 Å². The first kappa shape index (κ1) is 15.8. The summed E-state index contributed by atoms with van der Waals surface area (Å²) in [6.07, 6.45) is 3.17. The number of ether oxygens (including phenoxy) is 2. The van der Waals surface area contributed by atoms with E-state index < -0.39 is 10.0 Å². The molecule has 0 fully saturated rings. The number of nitrogens with zero attached hydrogens (tertiary/aromatic N) is 1. The van der Waals surface area contributed by atoms with Crippen molar-refractivity contribution in [2.24, 2.45) is 0 Å². The lowest BCUT2D eigenvalue weighted by molar-refractivity contribution is 0.353. The van der Waals surface area contributed by atoms with Crippen molar-refractivity contribution in [3.05, 3.63) is 34.8 Å². The first-order valence-corrected chi connectivity index (χ1v) is 8.15. The maximum absolute atomic E-state index is 12.3. The number of nitrogens with one attached hydrogen (secondary N) is 2. The van der Waals surface area contributed by atoms with E-state index in [4.69, 9.17) is 9.47 Å². The van der Waals surface area contributed by atoms with Gasteiger partial charge in [-0.05, 0) is 22.0 Å². The van der Waals surface area contributed by atoms with E-state index in [1.54, 1.807) is 18.5 Å². The molecule has 7 nitrogen and oxygen atoms in total. The summed E-state index contributed by atoms with van der Waals surface area (Å²) in [5.74, 6) is 1.30. The fourth-order valence-electron chi connectivity index (χ4n) is 1.68. The molecule has 0 saturated heterocycles. The van der Waals surface area contributed by atoms with E-state index in [2.05, 4.69) is 30.6 Å². The molecule has 0 radical (unpaired) electrons. The fourth-order valence-corrected chi connectivity index (χ4v) is 3.70. The van der Waals surface area contributed by atoms with Crippen molar-refractivity contribution in [3.63, 3.8) is 0 Å². The number of aromatic amines is 1. The number of hydrogen-bond acceptors (Lipinski definition) is 5. The van der Waals surface area contributed by atoms with Crippen molar-refractivity contribution in [3.8, 4) is 11.5 Å². The molecule has 0 saturated carbocycles. The van der Waals surface area contributed by atoms with Crippen molar-refractivity contribution >= 4 is 26.0 Å². The van der Waals surface area contributed by atoms with Crippen molar-refractivity contribution in [2.45, 2.75) is 11.4 Å². The number of sulfonamides is 1. The third-order valence-electron chi connectivity index (χ3n) is 2.71. The van der Waals surface area contributed by atoms with Gasteiger partial charge in [0.15, 0.2) is 11.5 Å².